The zero-order valence-corrected chi connectivity index (χ0v) is 18.5. The van der Waals surface area contributed by atoms with Crippen LogP contribution in [0.5, 0.6) is 5.75 Å². The van der Waals surface area contributed by atoms with E-state index in [1.807, 2.05) is 67.3 Å². The molecule has 0 amide bonds. The fourth-order valence-corrected chi connectivity index (χ4v) is 4.84. The van der Waals surface area contributed by atoms with Gasteiger partial charge in [-0.1, -0.05) is 18.2 Å². The maximum absolute atomic E-state index is 12.6. The van der Waals surface area contributed by atoms with Gasteiger partial charge in [-0.15, -0.1) is 10.2 Å². The number of sulfonamides is 1. The number of piperazine rings is 1. The molecule has 0 saturated carbocycles. The Morgan fingerprint density at radius 2 is 1.61 bits per heavy atom. The Bertz CT molecular complexity index is 1110. The van der Waals surface area contributed by atoms with Crippen LogP contribution in [0.2, 0.25) is 0 Å². The molecule has 0 spiro atoms. The molecular formula is C21H26N6O3S. The van der Waals surface area contributed by atoms with Crippen LogP contribution in [0.3, 0.4) is 0 Å². The molecule has 1 aliphatic heterocycles. The summed E-state index contributed by atoms with van der Waals surface area (Å²) in [6, 6.07) is 15.0. The number of ether oxygens (including phenoxy) is 1. The third-order valence-corrected chi connectivity index (χ3v) is 7.01. The summed E-state index contributed by atoms with van der Waals surface area (Å²) < 4.78 is 34.1. The van der Waals surface area contributed by atoms with E-state index in [4.69, 9.17) is 4.74 Å². The van der Waals surface area contributed by atoms with Crippen molar-refractivity contribution in [3.05, 3.63) is 59.9 Å². The van der Waals surface area contributed by atoms with Gasteiger partial charge in [-0.25, -0.2) is 13.1 Å². The van der Waals surface area contributed by atoms with Crippen LogP contribution in [0.1, 0.15) is 11.4 Å². The van der Waals surface area contributed by atoms with Crippen LogP contribution in [-0.4, -0.2) is 71.2 Å². The average Bonchev–Trinajstić information content (AvgIpc) is 3.12. The topological polar surface area (TPSA) is 93.5 Å². The normalized spacial score (nSPS) is 15.2. The molecule has 0 N–H and O–H groups in total. The first-order valence-electron chi connectivity index (χ1n) is 10.2. The molecule has 0 atom stereocenters. The van der Waals surface area contributed by atoms with Gasteiger partial charge in [0.2, 0.25) is 10.0 Å². The van der Waals surface area contributed by atoms with E-state index in [0.717, 1.165) is 17.2 Å². The van der Waals surface area contributed by atoms with Crippen molar-refractivity contribution in [3.63, 3.8) is 0 Å². The van der Waals surface area contributed by atoms with Crippen LogP contribution >= 0.6 is 0 Å². The average molecular weight is 443 g/mol. The van der Waals surface area contributed by atoms with E-state index in [1.165, 1.54) is 4.31 Å². The first-order valence-corrected chi connectivity index (χ1v) is 11.8. The zero-order chi connectivity index (χ0) is 21.8. The number of para-hydroxylation sites is 1. The fraction of sp³-hybridized carbons (Fsp3) is 0.381. The van der Waals surface area contributed by atoms with Gasteiger partial charge in [0.1, 0.15) is 12.4 Å². The molecule has 0 unspecified atom stereocenters. The van der Waals surface area contributed by atoms with E-state index >= 15 is 0 Å². The van der Waals surface area contributed by atoms with E-state index in [9.17, 15) is 8.42 Å². The predicted molar refractivity (Wildman–Crippen MR) is 118 cm³/mol. The number of benzene rings is 1. The Kier molecular flexibility index (Phi) is 6.19. The number of anilines is 1. The Morgan fingerprint density at radius 1 is 0.935 bits per heavy atom. The van der Waals surface area contributed by atoms with E-state index in [-0.39, 0.29) is 12.4 Å². The molecule has 2 aromatic heterocycles. The summed E-state index contributed by atoms with van der Waals surface area (Å²) in [6.45, 7) is 5.99. The van der Waals surface area contributed by atoms with Gasteiger partial charge in [-0.05, 0) is 44.2 Å². The number of hydrogen-bond acceptors (Lipinski definition) is 7. The van der Waals surface area contributed by atoms with Crippen LogP contribution < -0.4 is 9.64 Å². The number of aryl methyl sites for hydroxylation is 2. The van der Waals surface area contributed by atoms with Crippen LogP contribution in [0, 0.1) is 13.8 Å². The van der Waals surface area contributed by atoms with Crippen molar-refractivity contribution in [1.29, 1.82) is 0 Å². The molecule has 31 heavy (non-hydrogen) atoms. The summed E-state index contributed by atoms with van der Waals surface area (Å²) in [7, 11) is -3.37. The highest BCUT2D eigenvalue weighted by Crippen LogP contribution is 2.17. The summed E-state index contributed by atoms with van der Waals surface area (Å²) in [6.07, 6.45) is 0. The van der Waals surface area contributed by atoms with Crippen molar-refractivity contribution in [2.45, 2.75) is 13.8 Å². The molecule has 1 aliphatic rings. The van der Waals surface area contributed by atoms with Crippen molar-refractivity contribution >= 4 is 15.8 Å². The molecule has 0 aliphatic carbocycles. The minimum atomic E-state index is -3.37. The zero-order valence-electron chi connectivity index (χ0n) is 17.7. The first kappa shape index (κ1) is 21.3. The Labute approximate surface area is 182 Å². The Hall–Kier alpha value is -2.98. The molecule has 0 bridgehead atoms. The van der Waals surface area contributed by atoms with Crippen molar-refractivity contribution in [3.8, 4) is 11.6 Å². The summed E-state index contributed by atoms with van der Waals surface area (Å²) in [5.74, 6) is 2.02. The minimum absolute atomic E-state index is 0.0426. The van der Waals surface area contributed by atoms with Crippen LogP contribution in [0.15, 0.2) is 48.5 Å². The van der Waals surface area contributed by atoms with Gasteiger partial charge in [-0.3, -0.25) is 0 Å². The SMILES string of the molecule is Cc1cc(C)n(-c2ccc(N3CCN(S(=O)(=O)CCOc4ccccc4)CC3)nn2)n1. The number of nitrogens with zero attached hydrogens (tertiary/aromatic N) is 6. The van der Waals surface area contributed by atoms with Gasteiger partial charge in [0, 0.05) is 31.9 Å². The molecule has 4 rings (SSSR count). The summed E-state index contributed by atoms with van der Waals surface area (Å²) in [4.78, 5) is 2.05. The number of hydrogen-bond donors (Lipinski definition) is 0. The van der Waals surface area contributed by atoms with Gasteiger partial charge in [0.15, 0.2) is 11.6 Å². The molecule has 0 radical (unpaired) electrons. The van der Waals surface area contributed by atoms with Crippen LogP contribution in [-0.2, 0) is 10.0 Å². The summed E-state index contributed by atoms with van der Waals surface area (Å²) in [5, 5.41) is 13.0. The number of rotatable bonds is 7. The lowest BCUT2D eigenvalue weighted by molar-refractivity contribution is 0.331. The number of aromatic nitrogens is 4. The molecular weight excluding hydrogens is 416 g/mol. The standard InChI is InChI=1S/C21H26N6O3S/c1-17-16-18(2)27(24-17)21-9-8-20(22-23-21)25-10-12-26(13-11-25)31(28,29)15-14-30-19-6-4-3-5-7-19/h3-9,16H,10-15H2,1-2H3. The molecule has 1 aromatic carbocycles. The highest BCUT2D eigenvalue weighted by atomic mass is 32.2. The van der Waals surface area contributed by atoms with Crippen molar-refractivity contribution < 1.29 is 13.2 Å². The highest BCUT2D eigenvalue weighted by molar-refractivity contribution is 7.89. The van der Waals surface area contributed by atoms with Gasteiger partial charge < -0.3 is 9.64 Å². The molecule has 1 saturated heterocycles. The van der Waals surface area contributed by atoms with E-state index in [1.54, 1.807) is 4.68 Å². The smallest absolute Gasteiger partial charge is 0.217 e. The lowest BCUT2D eigenvalue weighted by atomic mass is 10.3. The van der Waals surface area contributed by atoms with Crippen LogP contribution in [0.25, 0.3) is 5.82 Å². The quantitative estimate of drug-likeness (QED) is 0.551. The molecule has 9 nitrogen and oxygen atoms in total. The molecule has 1 fully saturated rings. The second-order valence-corrected chi connectivity index (χ2v) is 9.54. The third-order valence-electron chi connectivity index (χ3n) is 5.17. The minimum Gasteiger partial charge on any atom is -0.492 e. The van der Waals surface area contributed by atoms with E-state index < -0.39 is 10.0 Å². The van der Waals surface area contributed by atoms with Crippen molar-refractivity contribution in [2.75, 3.05) is 43.4 Å². The molecule has 10 heteroatoms. The second-order valence-electron chi connectivity index (χ2n) is 7.45. The Balaban J connectivity index is 1.31. The monoisotopic (exact) mass is 442 g/mol. The lowest BCUT2D eigenvalue weighted by Crippen LogP contribution is -2.50. The van der Waals surface area contributed by atoms with Crippen LogP contribution in [0.4, 0.5) is 5.82 Å². The third kappa shape index (κ3) is 5.02. The second kappa shape index (κ2) is 9.03. The van der Waals surface area contributed by atoms with Gasteiger partial charge in [-0.2, -0.15) is 9.40 Å². The van der Waals surface area contributed by atoms with Crippen molar-refractivity contribution in [1.82, 2.24) is 24.3 Å². The highest BCUT2D eigenvalue weighted by Gasteiger charge is 2.27. The maximum atomic E-state index is 12.6. The van der Waals surface area contributed by atoms with Gasteiger partial charge in [0.25, 0.3) is 0 Å². The van der Waals surface area contributed by atoms with Crippen molar-refractivity contribution in [2.24, 2.45) is 0 Å². The Morgan fingerprint density at radius 3 is 2.23 bits per heavy atom. The molecule has 3 aromatic rings. The first-order chi connectivity index (χ1) is 14.9. The largest absolute Gasteiger partial charge is 0.492 e. The predicted octanol–water partition coefficient (Wildman–Crippen LogP) is 1.81. The van der Waals surface area contributed by atoms with Gasteiger partial charge >= 0.3 is 0 Å². The van der Waals surface area contributed by atoms with E-state index in [2.05, 4.69) is 15.3 Å². The fourth-order valence-electron chi connectivity index (χ4n) is 3.57. The molecule has 3 heterocycles. The maximum Gasteiger partial charge on any atom is 0.217 e. The summed E-state index contributed by atoms with van der Waals surface area (Å²) in [5.41, 5.74) is 1.92. The lowest BCUT2D eigenvalue weighted by Gasteiger charge is -2.34. The van der Waals surface area contributed by atoms with E-state index in [0.29, 0.717) is 37.7 Å². The summed E-state index contributed by atoms with van der Waals surface area (Å²) >= 11 is 0. The van der Waals surface area contributed by atoms with Gasteiger partial charge in [0.05, 0.1) is 11.4 Å². The molecule has 164 valence electrons.